The Labute approximate surface area is 166 Å². The number of primary amides is 1. The topological polar surface area (TPSA) is 92.8 Å². The summed E-state index contributed by atoms with van der Waals surface area (Å²) in [4.78, 5) is 22.3. The lowest BCUT2D eigenvalue weighted by atomic mass is 9.95. The Hall–Kier alpha value is -1.58. The second-order valence-electron chi connectivity index (χ2n) is 5.97. The second-order valence-corrected chi connectivity index (χ2v) is 5.97. The van der Waals surface area contributed by atoms with Crippen LogP contribution in [0.25, 0.3) is 0 Å². The number of amides is 1. The standard InChI is InChI=1S/C17H27N5O2.HI/c1-3-19-17(21-11-14-7-4-8-20-16(14)24-2)22-9-5-6-13(12-22)10-15(18)23;/h4,7-8,13H,3,5-6,9-12H2,1-2H3,(H2,18,23)(H,19,21);1H. The third kappa shape index (κ3) is 6.68. The predicted octanol–water partition coefficient (Wildman–Crippen LogP) is 1.76. The number of aliphatic imine (C=N–C) groups is 1. The van der Waals surface area contributed by atoms with Gasteiger partial charge in [0.05, 0.1) is 13.7 Å². The second kappa shape index (κ2) is 11.1. The minimum absolute atomic E-state index is 0. The number of ether oxygens (including phenoxy) is 1. The summed E-state index contributed by atoms with van der Waals surface area (Å²) in [7, 11) is 1.61. The SMILES string of the molecule is CCNC(=NCc1cccnc1OC)N1CCCC(CC(N)=O)C1.I. The molecular weight excluding hydrogens is 433 g/mol. The van der Waals surface area contributed by atoms with Gasteiger partial charge in [0.1, 0.15) is 0 Å². The molecule has 1 aliphatic heterocycles. The quantitative estimate of drug-likeness (QED) is 0.383. The lowest BCUT2D eigenvalue weighted by Crippen LogP contribution is -2.47. The normalized spacial score (nSPS) is 17.6. The van der Waals surface area contributed by atoms with E-state index in [-0.39, 0.29) is 29.9 Å². The van der Waals surface area contributed by atoms with Gasteiger partial charge in [0.15, 0.2) is 5.96 Å². The highest BCUT2D eigenvalue weighted by molar-refractivity contribution is 14.0. The first-order chi connectivity index (χ1) is 11.6. The number of piperidine rings is 1. The maximum atomic E-state index is 11.2. The predicted molar refractivity (Wildman–Crippen MR) is 109 cm³/mol. The van der Waals surface area contributed by atoms with E-state index in [1.165, 1.54) is 0 Å². The molecule has 0 aromatic carbocycles. The summed E-state index contributed by atoms with van der Waals surface area (Å²) in [6, 6.07) is 3.84. The van der Waals surface area contributed by atoms with E-state index in [9.17, 15) is 4.79 Å². The Morgan fingerprint density at radius 3 is 3.04 bits per heavy atom. The van der Waals surface area contributed by atoms with Gasteiger partial charge >= 0.3 is 0 Å². The summed E-state index contributed by atoms with van der Waals surface area (Å²) in [5.41, 5.74) is 6.29. The molecule has 0 bridgehead atoms. The summed E-state index contributed by atoms with van der Waals surface area (Å²) >= 11 is 0. The maximum Gasteiger partial charge on any atom is 0.218 e. The monoisotopic (exact) mass is 461 g/mol. The molecule has 1 aromatic heterocycles. The lowest BCUT2D eigenvalue weighted by Gasteiger charge is -2.34. The number of pyridine rings is 1. The van der Waals surface area contributed by atoms with Crippen molar-refractivity contribution in [3.8, 4) is 5.88 Å². The highest BCUT2D eigenvalue weighted by atomic mass is 127. The molecule has 1 aromatic rings. The van der Waals surface area contributed by atoms with Crippen LogP contribution >= 0.6 is 24.0 Å². The number of guanidine groups is 1. The van der Waals surface area contributed by atoms with Gasteiger partial charge in [0.2, 0.25) is 11.8 Å². The van der Waals surface area contributed by atoms with Gasteiger partial charge in [-0.3, -0.25) is 4.79 Å². The van der Waals surface area contributed by atoms with Gasteiger partial charge in [-0.1, -0.05) is 6.07 Å². The minimum Gasteiger partial charge on any atom is -0.481 e. The molecule has 0 aliphatic carbocycles. The Bertz CT molecular complexity index is 582. The summed E-state index contributed by atoms with van der Waals surface area (Å²) in [6.07, 6.45) is 4.22. The molecule has 25 heavy (non-hydrogen) atoms. The third-order valence-corrected chi connectivity index (χ3v) is 4.09. The van der Waals surface area contributed by atoms with Crippen LogP contribution in [0.1, 0.15) is 31.7 Å². The Morgan fingerprint density at radius 2 is 2.36 bits per heavy atom. The van der Waals surface area contributed by atoms with Crippen molar-refractivity contribution in [2.45, 2.75) is 32.7 Å². The molecule has 1 saturated heterocycles. The molecule has 3 N–H and O–H groups in total. The van der Waals surface area contributed by atoms with Crippen LogP contribution in [0, 0.1) is 5.92 Å². The van der Waals surface area contributed by atoms with Gasteiger partial charge in [-0.25, -0.2) is 9.98 Å². The van der Waals surface area contributed by atoms with Crippen molar-refractivity contribution in [3.63, 3.8) is 0 Å². The van der Waals surface area contributed by atoms with Gasteiger partial charge in [-0.05, 0) is 31.7 Å². The van der Waals surface area contributed by atoms with Crippen molar-refractivity contribution in [1.29, 1.82) is 0 Å². The summed E-state index contributed by atoms with van der Waals surface area (Å²) < 4.78 is 5.28. The van der Waals surface area contributed by atoms with Crippen molar-refractivity contribution < 1.29 is 9.53 Å². The fourth-order valence-electron chi connectivity index (χ4n) is 3.02. The first kappa shape index (κ1) is 21.5. The van der Waals surface area contributed by atoms with E-state index in [1.54, 1.807) is 13.3 Å². The number of methoxy groups -OCH3 is 1. The third-order valence-electron chi connectivity index (χ3n) is 4.09. The van der Waals surface area contributed by atoms with E-state index in [1.807, 2.05) is 19.1 Å². The number of nitrogens with two attached hydrogens (primary N) is 1. The molecule has 7 nitrogen and oxygen atoms in total. The lowest BCUT2D eigenvalue weighted by molar-refractivity contribution is -0.119. The van der Waals surface area contributed by atoms with Crippen LogP contribution in [-0.4, -0.2) is 48.5 Å². The fraction of sp³-hybridized carbons (Fsp3) is 0.588. The minimum atomic E-state index is -0.233. The van der Waals surface area contributed by atoms with Crippen LogP contribution in [0.4, 0.5) is 0 Å². The van der Waals surface area contributed by atoms with Gasteiger partial charge in [0, 0.05) is 37.8 Å². The maximum absolute atomic E-state index is 11.2. The number of nitrogens with zero attached hydrogens (tertiary/aromatic N) is 3. The molecule has 0 radical (unpaired) electrons. The first-order valence-electron chi connectivity index (χ1n) is 8.43. The fourth-order valence-corrected chi connectivity index (χ4v) is 3.02. The molecule has 1 unspecified atom stereocenters. The molecule has 0 spiro atoms. The zero-order valence-electron chi connectivity index (χ0n) is 14.9. The van der Waals surface area contributed by atoms with Crippen LogP contribution < -0.4 is 15.8 Å². The summed E-state index contributed by atoms with van der Waals surface area (Å²) in [6.45, 7) is 5.07. The van der Waals surface area contributed by atoms with Crippen molar-refractivity contribution >= 4 is 35.8 Å². The van der Waals surface area contributed by atoms with Crippen LogP contribution in [0.3, 0.4) is 0 Å². The molecule has 2 heterocycles. The molecule has 0 saturated carbocycles. The summed E-state index contributed by atoms with van der Waals surface area (Å²) in [5, 5.41) is 3.33. The smallest absolute Gasteiger partial charge is 0.218 e. The Balaban J connectivity index is 0.00000312. The Kier molecular flexibility index (Phi) is 9.54. The van der Waals surface area contributed by atoms with E-state index in [0.717, 1.165) is 44.0 Å². The van der Waals surface area contributed by atoms with E-state index in [0.29, 0.717) is 24.8 Å². The molecule has 1 fully saturated rings. The van der Waals surface area contributed by atoms with Crippen molar-refractivity contribution in [2.75, 3.05) is 26.7 Å². The van der Waals surface area contributed by atoms with Crippen LogP contribution in [0.2, 0.25) is 0 Å². The number of carbonyl (C=O) groups is 1. The number of hydrogen-bond acceptors (Lipinski definition) is 4. The van der Waals surface area contributed by atoms with E-state index >= 15 is 0 Å². The van der Waals surface area contributed by atoms with E-state index in [2.05, 4.69) is 15.2 Å². The molecule has 1 amide bonds. The van der Waals surface area contributed by atoms with Crippen LogP contribution in [0.5, 0.6) is 5.88 Å². The summed E-state index contributed by atoms with van der Waals surface area (Å²) in [5.74, 6) is 1.52. The zero-order valence-corrected chi connectivity index (χ0v) is 17.2. The Morgan fingerprint density at radius 1 is 1.56 bits per heavy atom. The van der Waals surface area contributed by atoms with Crippen molar-refractivity contribution in [1.82, 2.24) is 15.2 Å². The molecule has 8 heteroatoms. The van der Waals surface area contributed by atoms with Crippen molar-refractivity contribution in [3.05, 3.63) is 23.9 Å². The number of rotatable bonds is 6. The largest absolute Gasteiger partial charge is 0.481 e. The number of nitrogens with one attached hydrogen (secondary N) is 1. The van der Waals surface area contributed by atoms with Gasteiger partial charge in [0.25, 0.3) is 0 Å². The highest BCUT2D eigenvalue weighted by Gasteiger charge is 2.23. The molecule has 2 rings (SSSR count). The highest BCUT2D eigenvalue weighted by Crippen LogP contribution is 2.20. The van der Waals surface area contributed by atoms with Gasteiger partial charge < -0.3 is 20.7 Å². The van der Waals surface area contributed by atoms with Gasteiger partial charge in [-0.15, -0.1) is 24.0 Å². The number of hydrogen-bond donors (Lipinski definition) is 2. The molecule has 1 atom stereocenters. The first-order valence-corrected chi connectivity index (χ1v) is 8.43. The molecule has 140 valence electrons. The van der Waals surface area contributed by atoms with E-state index in [4.69, 9.17) is 15.5 Å². The zero-order chi connectivity index (χ0) is 17.4. The number of halogens is 1. The number of aromatic nitrogens is 1. The number of carbonyl (C=O) groups excluding carboxylic acids is 1. The molecular formula is C17H28IN5O2. The van der Waals surface area contributed by atoms with E-state index < -0.39 is 0 Å². The van der Waals surface area contributed by atoms with Crippen molar-refractivity contribution in [2.24, 2.45) is 16.6 Å². The van der Waals surface area contributed by atoms with Crippen LogP contribution in [0.15, 0.2) is 23.3 Å². The van der Waals surface area contributed by atoms with Gasteiger partial charge in [-0.2, -0.15) is 0 Å². The average molecular weight is 461 g/mol. The molecule has 1 aliphatic rings. The number of likely N-dealkylation sites (tertiary alicyclic amines) is 1. The average Bonchev–Trinajstić information content (AvgIpc) is 2.58. The van der Waals surface area contributed by atoms with Crippen LogP contribution in [-0.2, 0) is 11.3 Å².